The van der Waals surface area contributed by atoms with Gasteiger partial charge in [-0.15, -0.1) is 0 Å². The number of aromatic nitrogens is 2. The van der Waals surface area contributed by atoms with Crippen molar-refractivity contribution in [3.63, 3.8) is 0 Å². The number of hydrogen-bond donors (Lipinski definition) is 4. The molecule has 6 atom stereocenters. The lowest BCUT2D eigenvalue weighted by Gasteiger charge is -2.51. The van der Waals surface area contributed by atoms with Crippen molar-refractivity contribution in [1.29, 1.82) is 0 Å². The second-order valence-corrected chi connectivity index (χ2v) is 11.0. The third kappa shape index (κ3) is 3.60. The van der Waals surface area contributed by atoms with Crippen LogP contribution in [0.5, 0.6) is 0 Å². The zero-order valence-corrected chi connectivity index (χ0v) is 20.9. The van der Waals surface area contributed by atoms with Gasteiger partial charge in [0, 0.05) is 11.3 Å². The second-order valence-electron chi connectivity index (χ2n) is 11.0. The van der Waals surface area contributed by atoms with E-state index in [4.69, 9.17) is 0 Å². The van der Waals surface area contributed by atoms with E-state index in [1.807, 2.05) is 14.1 Å². The van der Waals surface area contributed by atoms with Gasteiger partial charge in [-0.2, -0.15) is 0 Å². The number of nitrogens with zero attached hydrogens (tertiary/aromatic N) is 1. The lowest BCUT2D eigenvalue weighted by Crippen LogP contribution is -2.51. The van der Waals surface area contributed by atoms with Gasteiger partial charge in [0.15, 0.2) is 0 Å². The fraction of sp³-hybridized carbons (Fsp3) is 0.552. The first-order valence-corrected chi connectivity index (χ1v) is 12.9. The normalized spacial score (nSPS) is 36.7. The van der Waals surface area contributed by atoms with Gasteiger partial charge >= 0.3 is 0 Å². The molecule has 0 aliphatic heterocycles. The average Bonchev–Trinajstić information content (AvgIpc) is 3.39. The Bertz CT molecular complexity index is 1160. The fourth-order valence-electron chi connectivity index (χ4n) is 7.17. The van der Waals surface area contributed by atoms with Gasteiger partial charge in [0.2, 0.25) is 0 Å². The smallest absolute Gasteiger partial charge is 0.0933 e. The number of H-pyrrole nitrogens is 1. The maximum Gasteiger partial charge on any atom is 0.0933 e. The number of rotatable bonds is 1. The molecule has 0 saturated heterocycles. The summed E-state index contributed by atoms with van der Waals surface area (Å²) in [6, 6.07) is 6.49. The van der Waals surface area contributed by atoms with Crippen LogP contribution in [-0.2, 0) is 0 Å². The molecular weight excluding hydrogens is 422 g/mol. The topological polar surface area (TPSA) is 81.2 Å². The fourth-order valence-corrected chi connectivity index (χ4v) is 7.17. The summed E-state index contributed by atoms with van der Waals surface area (Å²) in [4.78, 5) is 7.61. The van der Waals surface area contributed by atoms with Crippen LogP contribution in [0, 0.1) is 23.2 Å². The van der Waals surface area contributed by atoms with E-state index in [2.05, 4.69) is 65.6 Å². The third-order valence-corrected chi connectivity index (χ3v) is 9.10. The van der Waals surface area contributed by atoms with Gasteiger partial charge in [-0.1, -0.05) is 43.7 Å². The minimum Gasteiger partial charge on any atom is -0.393 e. The van der Waals surface area contributed by atoms with Crippen LogP contribution >= 0.6 is 0 Å². The zero-order valence-electron chi connectivity index (χ0n) is 20.9. The first-order valence-electron chi connectivity index (χ1n) is 12.9. The van der Waals surface area contributed by atoms with Crippen molar-refractivity contribution in [2.24, 2.45) is 23.2 Å². The predicted octanol–water partition coefficient (Wildman–Crippen LogP) is 5.00. The van der Waals surface area contributed by atoms with Crippen molar-refractivity contribution in [3.8, 4) is 0 Å². The molecule has 1 aromatic carbocycles. The molecular formula is C29H39N3O2. The van der Waals surface area contributed by atoms with Crippen molar-refractivity contribution < 1.29 is 10.2 Å². The SMILES string of the molecule is CC1C=C2C=C3CC(O)CCC3CC[C@]2(O)C2CC=C(c3ccc4nc[nH]c4c3)C12C.CNC. The van der Waals surface area contributed by atoms with Crippen LogP contribution in [0.1, 0.15) is 57.9 Å². The molecule has 6 rings (SSSR count). The van der Waals surface area contributed by atoms with Gasteiger partial charge in [-0.05, 0) is 93.3 Å². The lowest BCUT2D eigenvalue weighted by atomic mass is 9.54. The van der Waals surface area contributed by atoms with E-state index in [0.717, 1.165) is 55.1 Å². The van der Waals surface area contributed by atoms with Crippen LogP contribution in [0.25, 0.3) is 16.6 Å². The van der Waals surface area contributed by atoms with Crippen LogP contribution in [0.4, 0.5) is 0 Å². The summed E-state index contributed by atoms with van der Waals surface area (Å²) in [5.74, 6) is 1.00. The van der Waals surface area contributed by atoms with Gasteiger partial charge in [0.1, 0.15) is 0 Å². The Hall–Kier alpha value is -2.21. The van der Waals surface area contributed by atoms with Gasteiger partial charge < -0.3 is 20.5 Å². The Morgan fingerprint density at radius 1 is 1.18 bits per heavy atom. The summed E-state index contributed by atoms with van der Waals surface area (Å²) in [5.41, 5.74) is 6.19. The van der Waals surface area contributed by atoms with Crippen molar-refractivity contribution in [3.05, 3.63) is 59.5 Å². The second kappa shape index (κ2) is 8.78. The highest BCUT2D eigenvalue weighted by Gasteiger charge is 2.58. The average molecular weight is 462 g/mol. The maximum atomic E-state index is 12.2. The molecule has 5 heteroatoms. The van der Waals surface area contributed by atoms with Crippen LogP contribution in [-0.4, -0.2) is 46.0 Å². The molecule has 0 radical (unpaired) electrons. The summed E-state index contributed by atoms with van der Waals surface area (Å²) >= 11 is 0. The Morgan fingerprint density at radius 2 is 1.97 bits per heavy atom. The molecule has 5 nitrogen and oxygen atoms in total. The van der Waals surface area contributed by atoms with E-state index in [0.29, 0.717) is 11.8 Å². The number of fused-ring (bicyclic) bond motifs is 5. The highest BCUT2D eigenvalue weighted by Crippen LogP contribution is 2.63. The number of nitrogens with one attached hydrogen (secondary N) is 2. The molecule has 1 aromatic heterocycles. The number of imidazole rings is 1. The number of benzene rings is 1. The molecule has 1 saturated carbocycles. The van der Waals surface area contributed by atoms with Crippen molar-refractivity contribution in [2.45, 2.75) is 64.1 Å². The highest BCUT2D eigenvalue weighted by atomic mass is 16.3. The van der Waals surface area contributed by atoms with Crippen molar-refractivity contribution in [1.82, 2.24) is 15.3 Å². The molecule has 0 spiro atoms. The van der Waals surface area contributed by atoms with E-state index in [1.165, 1.54) is 16.7 Å². The molecule has 4 N–H and O–H groups in total. The molecule has 0 amide bonds. The molecule has 1 heterocycles. The molecule has 5 unspecified atom stereocenters. The molecule has 0 bridgehead atoms. The van der Waals surface area contributed by atoms with E-state index in [-0.39, 0.29) is 17.4 Å². The third-order valence-electron chi connectivity index (χ3n) is 9.10. The van der Waals surface area contributed by atoms with Crippen LogP contribution in [0.15, 0.2) is 53.9 Å². The van der Waals surface area contributed by atoms with Crippen molar-refractivity contribution >= 4 is 16.6 Å². The monoisotopic (exact) mass is 461 g/mol. The first kappa shape index (κ1) is 23.5. The molecule has 34 heavy (non-hydrogen) atoms. The van der Waals surface area contributed by atoms with E-state index in [1.54, 1.807) is 6.33 Å². The lowest BCUT2D eigenvalue weighted by molar-refractivity contribution is -0.0455. The largest absolute Gasteiger partial charge is 0.393 e. The number of aliphatic hydroxyl groups is 2. The Kier molecular flexibility index (Phi) is 6.07. The maximum absolute atomic E-state index is 12.2. The summed E-state index contributed by atoms with van der Waals surface area (Å²) in [6.07, 6.45) is 13.9. The summed E-state index contributed by atoms with van der Waals surface area (Å²) in [6.45, 7) is 4.67. The summed E-state index contributed by atoms with van der Waals surface area (Å²) < 4.78 is 0. The molecule has 4 aliphatic carbocycles. The minimum atomic E-state index is -0.799. The van der Waals surface area contributed by atoms with Crippen molar-refractivity contribution in [2.75, 3.05) is 14.1 Å². The van der Waals surface area contributed by atoms with Gasteiger partial charge in [0.25, 0.3) is 0 Å². The van der Waals surface area contributed by atoms with E-state index in [9.17, 15) is 10.2 Å². The standard InChI is InChI=1S/C27H32N2O2.C2H7N/c1-16-11-20-12-19-13-21(30)5-3-17(19)9-10-27(20,31)25-8-6-22(26(16,25)2)18-4-7-23-24(14-18)29-15-28-23;1-3-2/h4,6-7,11-12,14-17,21,25,30-31H,3,5,8-10,13H2,1-2H3,(H,28,29);3H,1-2H3/t16?,17?,21?,25?,26?,27-;/m1./s1. The number of hydrogen-bond acceptors (Lipinski definition) is 4. The Balaban J connectivity index is 0.000000764. The Labute approximate surface area is 203 Å². The van der Waals surface area contributed by atoms with Gasteiger partial charge in [-0.25, -0.2) is 4.98 Å². The molecule has 1 fully saturated rings. The van der Waals surface area contributed by atoms with Crippen LogP contribution in [0.2, 0.25) is 0 Å². The van der Waals surface area contributed by atoms with E-state index >= 15 is 0 Å². The number of aromatic amines is 1. The van der Waals surface area contributed by atoms with E-state index < -0.39 is 5.60 Å². The molecule has 2 aromatic rings. The van der Waals surface area contributed by atoms with Gasteiger partial charge in [0.05, 0.1) is 29.1 Å². The number of allylic oxidation sites excluding steroid dienone is 3. The Morgan fingerprint density at radius 3 is 2.76 bits per heavy atom. The van der Waals surface area contributed by atoms with Gasteiger partial charge in [-0.3, -0.25) is 0 Å². The minimum absolute atomic E-state index is 0.112. The predicted molar refractivity (Wildman–Crippen MR) is 138 cm³/mol. The van der Waals surface area contributed by atoms with Crippen LogP contribution < -0.4 is 5.32 Å². The highest BCUT2D eigenvalue weighted by molar-refractivity contribution is 5.83. The molecule has 182 valence electrons. The first-order chi connectivity index (χ1) is 16.3. The summed E-state index contributed by atoms with van der Waals surface area (Å²) in [5, 5.41) is 25.2. The quantitative estimate of drug-likeness (QED) is 0.482. The summed E-state index contributed by atoms with van der Waals surface area (Å²) in [7, 11) is 3.75. The molecule has 4 aliphatic rings. The van der Waals surface area contributed by atoms with Crippen LogP contribution in [0.3, 0.4) is 0 Å². The zero-order chi connectivity index (χ0) is 24.1. The number of aliphatic hydroxyl groups excluding tert-OH is 1.